The number of carboxylic acids is 1. The lowest BCUT2D eigenvalue weighted by molar-refractivity contribution is -0.138. The van der Waals surface area contributed by atoms with Crippen molar-refractivity contribution in [3.8, 4) is 0 Å². The van der Waals surface area contributed by atoms with Gasteiger partial charge in [-0.25, -0.2) is 5.11 Å². The van der Waals surface area contributed by atoms with Crippen molar-refractivity contribution in [2.45, 2.75) is 19.3 Å². The molecule has 0 spiro atoms. The first kappa shape index (κ1) is 10.9. The Morgan fingerprint density at radius 2 is 1.92 bits per heavy atom. The predicted octanol–water partition coefficient (Wildman–Crippen LogP) is -0.212. The van der Waals surface area contributed by atoms with Gasteiger partial charge in [0, 0.05) is 13.0 Å². The van der Waals surface area contributed by atoms with Crippen LogP contribution in [0.25, 0.3) is 0 Å². The van der Waals surface area contributed by atoms with Crippen molar-refractivity contribution in [2.75, 3.05) is 13.2 Å². The van der Waals surface area contributed by atoms with Crippen LogP contribution in [0.3, 0.4) is 0 Å². The summed E-state index contributed by atoms with van der Waals surface area (Å²) in [5.41, 5.74) is 0. The number of nitrogens with one attached hydrogen (secondary N) is 1. The summed E-state index contributed by atoms with van der Waals surface area (Å²) in [4.78, 5) is 20.7. The molecule has 2 N–H and O–H groups in total. The third kappa shape index (κ3) is 7.01. The van der Waals surface area contributed by atoms with Gasteiger partial charge in [0.1, 0.15) is 0 Å². The molecule has 5 heteroatoms. The van der Waals surface area contributed by atoms with E-state index in [0.717, 1.165) is 0 Å². The quantitative estimate of drug-likeness (QED) is 0.546. The van der Waals surface area contributed by atoms with Gasteiger partial charge in [-0.15, -0.1) is 0 Å². The van der Waals surface area contributed by atoms with E-state index in [-0.39, 0.29) is 25.4 Å². The molecule has 69 valence electrons. The molecule has 0 aliphatic carbocycles. The Labute approximate surface area is 70.4 Å². The van der Waals surface area contributed by atoms with E-state index in [2.05, 4.69) is 5.32 Å². The smallest absolute Gasteiger partial charge is 0.303 e. The maximum atomic E-state index is 10.7. The van der Waals surface area contributed by atoms with Crippen molar-refractivity contribution in [3.05, 3.63) is 0 Å². The van der Waals surface area contributed by atoms with E-state index in [1.165, 1.54) is 0 Å². The van der Waals surface area contributed by atoms with E-state index < -0.39 is 5.97 Å². The highest BCUT2D eigenvalue weighted by molar-refractivity contribution is 5.80. The molecule has 0 aromatic rings. The lowest BCUT2D eigenvalue weighted by Crippen LogP contribution is -2.25. The van der Waals surface area contributed by atoms with Crippen LogP contribution in [-0.4, -0.2) is 30.1 Å². The normalized spacial score (nSPS) is 9.42. The molecule has 1 radical (unpaired) electrons. The molecular weight excluding hydrogens is 162 g/mol. The Hall–Kier alpha value is -1.10. The number of rotatable bonds is 6. The van der Waals surface area contributed by atoms with Crippen LogP contribution in [0.15, 0.2) is 0 Å². The fourth-order valence-electron chi connectivity index (χ4n) is 0.609. The zero-order chi connectivity index (χ0) is 9.40. The fourth-order valence-corrected chi connectivity index (χ4v) is 0.609. The van der Waals surface area contributed by atoms with Crippen LogP contribution in [0.2, 0.25) is 0 Å². The van der Waals surface area contributed by atoms with Gasteiger partial charge in [-0.2, -0.15) is 0 Å². The Bertz CT molecular complexity index is 157. The maximum Gasteiger partial charge on any atom is 0.303 e. The summed E-state index contributed by atoms with van der Waals surface area (Å²) in [5, 5.41) is 20.6. The second-order valence-electron chi connectivity index (χ2n) is 2.30. The first-order valence-corrected chi connectivity index (χ1v) is 3.73. The molecule has 0 saturated carbocycles. The van der Waals surface area contributed by atoms with Gasteiger partial charge in [-0.3, -0.25) is 9.59 Å². The summed E-state index contributed by atoms with van der Waals surface area (Å²) < 4.78 is 0. The standard InChI is InChI=1S/C7H12NO4/c9-5-1-4-8-6(10)2-3-7(11)12/h1-5H2,(H,8,10)(H,11,12). The molecular formula is C7H12NO4. The molecule has 5 nitrogen and oxygen atoms in total. The SMILES string of the molecule is [O]CCCNC(=O)CCC(=O)O. The van der Waals surface area contributed by atoms with Crippen LogP contribution in [0.5, 0.6) is 0 Å². The number of carbonyl (C=O) groups is 2. The van der Waals surface area contributed by atoms with Gasteiger partial charge in [-0.05, 0) is 6.42 Å². The third-order valence-corrected chi connectivity index (χ3v) is 1.21. The second-order valence-corrected chi connectivity index (χ2v) is 2.30. The first-order valence-electron chi connectivity index (χ1n) is 3.73. The van der Waals surface area contributed by atoms with Gasteiger partial charge in [0.25, 0.3) is 0 Å². The summed E-state index contributed by atoms with van der Waals surface area (Å²) in [5.74, 6) is -1.31. The number of hydrogen-bond donors (Lipinski definition) is 2. The Balaban J connectivity index is 3.28. The average Bonchev–Trinajstić information content (AvgIpc) is 2.01. The fraction of sp³-hybridized carbons (Fsp3) is 0.714. The molecule has 0 rings (SSSR count). The van der Waals surface area contributed by atoms with Gasteiger partial charge in [0.15, 0.2) is 0 Å². The van der Waals surface area contributed by atoms with Crippen molar-refractivity contribution in [1.29, 1.82) is 0 Å². The molecule has 0 fully saturated rings. The van der Waals surface area contributed by atoms with Crippen molar-refractivity contribution in [2.24, 2.45) is 0 Å². The minimum absolute atomic E-state index is 0.0197. The number of hydrogen-bond acceptors (Lipinski definition) is 2. The van der Waals surface area contributed by atoms with Crippen LogP contribution >= 0.6 is 0 Å². The van der Waals surface area contributed by atoms with Crippen LogP contribution in [0, 0.1) is 0 Å². The molecule has 12 heavy (non-hydrogen) atoms. The minimum atomic E-state index is -0.992. The Morgan fingerprint density at radius 3 is 2.42 bits per heavy atom. The van der Waals surface area contributed by atoms with E-state index in [9.17, 15) is 14.7 Å². The number of amides is 1. The monoisotopic (exact) mass is 174 g/mol. The average molecular weight is 174 g/mol. The summed E-state index contributed by atoms with van der Waals surface area (Å²) >= 11 is 0. The number of carboxylic acid groups (broad SMARTS) is 1. The third-order valence-electron chi connectivity index (χ3n) is 1.21. The molecule has 0 heterocycles. The number of carbonyl (C=O) groups excluding carboxylic acids is 1. The van der Waals surface area contributed by atoms with Crippen molar-refractivity contribution in [3.63, 3.8) is 0 Å². The molecule has 0 unspecified atom stereocenters. The Morgan fingerprint density at radius 1 is 1.25 bits per heavy atom. The van der Waals surface area contributed by atoms with Gasteiger partial charge >= 0.3 is 5.97 Å². The van der Waals surface area contributed by atoms with Crippen molar-refractivity contribution in [1.82, 2.24) is 5.32 Å². The molecule has 0 bridgehead atoms. The highest BCUT2D eigenvalue weighted by atomic mass is 16.4. The van der Waals surface area contributed by atoms with Crippen LogP contribution in [0.1, 0.15) is 19.3 Å². The molecule has 0 saturated heterocycles. The van der Waals surface area contributed by atoms with E-state index in [1.807, 2.05) is 0 Å². The van der Waals surface area contributed by atoms with Crippen LogP contribution < -0.4 is 5.32 Å². The summed E-state index contributed by atoms with van der Waals surface area (Å²) in [6.07, 6.45) is 0.205. The van der Waals surface area contributed by atoms with E-state index in [4.69, 9.17) is 5.11 Å². The maximum absolute atomic E-state index is 10.7. The summed E-state index contributed by atoms with van der Waals surface area (Å²) in [6.45, 7) is 0.112. The second kappa shape index (κ2) is 6.60. The van der Waals surface area contributed by atoms with Crippen LogP contribution in [-0.2, 0) is 14.7 Å². The molecule has 0 aromatic carbocycles. The summed E-state index contributed by atoms with van der Waals surface area (Å²) in [7, 11) is 0. The largest absolute Gasteiger partial charge is 0.481 e. The minimum Gasteiger partial charge on any atom is -0.481 e. The van der Waals surface area contributed by atoms with E-state index in [0.29, 0.717) is 13.0 Å². The van der Waals surface area contributed by atoms with Crippen LogP contribution in [0.4, 0.5) is 0 Å². The molecule has 0 atom stereocenters. The van der Waals surface area contributed by atoms with Crippen molar-refractivity contribution >= 4 is 11.9 Å². The van der Waals surface area contributed by atoms with Gasteiger partial charge in [-0.1, -0.05) is 0 Å². The predicted molar refractivity (Wildman–Crippen MR) is 40.0 cm³/mol. The lowest BCUT2D eigenvalue weighted by Gasteiger charge is -2.00. The number of aliphatic carboxylic acids is 1. The first-order chi connectivity index (χ1) is 5.66. The topological polar surface area (TPSA) is 86.3 Å². The molecule has 0 aromatic heterocycles. The van der Waals surface area contributed by atoms with E-state index >= 15 is 0 Å². The lowest BCUT2D eigenvalue weighted by atomic mass is 10.3. The molecule has 0 aliphatic heterocycles. The molecule has 1 amide bonds. The van der Waals surface area contributed by atoms with Gasteiger partial charge in [0.05, 0.1) is 13.0 Å². The van der Waals surface area contributed by atoms with Gasteiger partial charge < -0.3 is 10.4 Å². The molecule has 0 aliphatic rings. The zero-order valence-corrected chi connectivity index (χ0v) is 6.71. The van der Waals surface area contributed by atoms with E-state index in [1.54, 1.807) is 0 Å². The highest BCUT2D eigenvalue weighted by Gasteiger charge is 2.03. The highest BCUT2D eigenvalue weighted by Crippen LogP contribution is 1.88. The zero-order valence-electron chi connectivity index (χ0n) is 6.71. The van der Waals surface area contributed by atoms with Crippen molar-refractivity contribution < 1.29 is 19.8 Å². The summed E-state index contributed by atoms with van der Waals surface area (Å²) in [6, 6.07) is 0. The van der Waals surface area contributed by atoms with Gasteiger partial charge in [0.2, 0.25) is 5.91 Å². The Kier molecular flexibility index (Phi) is 6.00.